The van der Waals surface area contributed by atoms with Crippen molar-refractivity contribution in [2.75, 3.05) is 6.61 Å². The second-order valence-corrected chi connectivity index (χ2v) is 15.0. The van der Waals surface area contributed by atoms with Crippen LogP contribution in [0.3, 0.4) is 0 Å². The van der Waals surface area contributed by atoms with Gasteiger partial charge in [0, 0.05) is 6.61 Å². The Balaban J connectivity index is 1.78. The molecule has 0 N–H and O–H groups in total. The summed E-state index contributed by atoms with van der Waals surface area (Å²) in [6.45, 7) is 10.2. The Kier molecular flexibility index (Phi) is 13.5. The van der Waals surface area contributed by atoms with Crippen molar-refractivity contribution in [3.63, 3.8) is 0 Å². The molecule has 0 amide bonds. The maximum atomic E-state index is 6.99. The lowest BCUT2D eigenvalue weighted by atomic mass is 10.1. The Bertz CT molecular complexity index is 736. The molecule has 2 aromatic rings. The summed E-state index contributed by atoms with van der Waals surface area (Å²) in [7, 11) is -2.37. The van der Waals surface area contributed by atoms with Gasteiger partial charge in [-0.3, -0.25) is 0 Å². The predicted octanol–water partition coefficient (Wildman–Crippen LogP) is 8.82. The fraction of sp³-hybridized carbons (Fsp3) is 0.562. The van der Waals surface area contributed by atoms with E-state index >= 15 is 0 Å². The van der Waals surface area contributed by atoms with Crippen molar-refractivity contribution >= 4 is 18.7 Å². The maximum absolute atomic E-state index is 6.99. The third-order valence-electron chi connectivity index (χ3n) is 6.89. The molecular formula is C32H50OSi. The molecule has 2 aromatic carbocycles. The van der Waals surface area contributed by atoms with Crippen LogP contribution in [0.15, 0.2) is 72.8 Å². The van der Waals surface area contributed by atoms with Gasteiger partial charge in [-0.25, -0.2) is 0 Å². The maximum Gasteiger partial charge on any atom is 0.261 e. The van der Waals surface area contributed by atoms with Crippen molar-refractivity contribution in [2.45, 2.75) is 110 Å². The number of hydrogen-bond donors (Lipinski definition) is 0. The van der Waals surface area contributed by atoms with Crippen LogP contribution in [-0.4, -0.2) is 14.9 Å². The van der Waals surface area contributed by atoms with Gasteiger partial charge in [-0.2, -0.15) is 0 Å². The molecule has 0 fully saturated rings. The van der Waals surface area contributed by atoms with E-state index in [0.717, 1.165) is 13.0 Å². The summed E-state index contributed by atoms with van der Waals surface area (Å²) in [5, 5.41) is 2.81. The molecule has 188 valence electrons. The smallest absolute Gasteiger partial charge is 0.261 e. The van der Waals surface area contributed by atoms with Crippen LogP contribution in [0.5, 0.6) is 0 Å². The van der Waals surface area contributed by atoms with E-state index in [1.807, 2.05) is 0 Å². The summed E-state index contributed by atoms with van der Waals surface area (Å²) < 4.78 is 6.99. The predicted molar refractivity (Wildman–Crippen MR) is 154 cm³/mol. The Morgan fingerprint density at radius 3 is 1.53 bits per heavy atom. The number of allylic oxidation sites excluding steroid dienone is 2. The van der Waals surface area contributed by atoms with E-state index in [1.165, 1.54) is 81.0 Å². The van der Waals surface area contributed by atoms with Crippen molar-refractivity contribution in [3.05, 3.63) is 72.8 Å². The highest BCUT2D eigenvalue weighted by Gasteiger charge is 2.49. The van der Waals surface area contributed by atoms with Crippen LogP contribution in [0.2, 0.25) is 5.04 Å². The van der Waals surface area contributed by atoms with E-state index in [4.69, 9.17) is 4.43 Å². The van der Waals surface area contributed by atoms with E-state index in [9.17, 15) is 0 Å². The van der Waals surface area contributed by atoms with Crippen molar-refractivity contribution < 1.29 is 4.43 Å². The number of hydrogen-bond acceptors (Lipinski definition) is 1. The molecule has 0 heterocycles. The zero-order valence-electron chi connectivity index (χ0n) is 22.5. The second-order valence-electron chi connectivity index (χ2n) is 10.7. The molecule has 0 saturated carbocycles. The zero-order valence-corrected chi connectivity index (χ0v) is 23.5. The molecule has 0 radical (unpaired) electrons. The van der Waals surface area contributed by atoms with Gasteiger partial charge in [-0.15, -0.1) is 0 Å². The molecule has 0 aromatic heterocycles. The average molecular weight is 479 g/mol. The van der Waals surface area contributed by atoms with Gasteiger partial charge >= 0.3 is 0 Å². The fourth-order valence-corrected chi connectivity index (χ4v) is 9.59. The van der Waals surface area contributed by atoms with E-state index in [2.05, 4.69) is 101 Å². The molecule has 0 unspecified atom stereocenters. The molecule has 0 saturated heterocycles. The normalized spacial score (nSPS) is 12.5. The van der Waals surface area contributed by atoms with Gasteiger partial charge < -0.3 is 4.43 Å². The topological polar surface area (TPSA) is 9.23 Å². The van der Waals surface area contributed by atoms with Crippen LogP contribution >= 0.6 is 0 Å². The monoisotopic (exact) mass is 478 g/mol. The van der Waals surface area contributed by atoms with E-state index < -0.39 is 8.32 Å². The Morgan fingerprint density at radius 2 is 1.06 bits per heavy atom. The Morgan fingerprint density at radius 1 is 0.618 bits per heavy atom. The molecule has 2 heteroatoms. The van der Waals surface area contributed by atoms with Crippen molar-refractivity contribution in [2.24, 2.45) is 0 Å². The summed E-state index contributed by atoms with van der Waals surface area (Å²) in [5.41, 5.74) is 0. The van der Waals surface area contributed by atoms with Gasteiger partial charge in [0.2, 0.25) is 0 Å². The van der Waals surface area contributed by atoms with Crippen LogP contribution in [0.4, 0.5) is 0 Å². The van der Waals surface area contributed by atoms with Crippen LogP contribution in [-0.2, 0) is 4.43 Å². The third kappa shape index (κ3) is 9.19. The van der Waals surface area contributed by atoms with Crippen LogP contribution in [0.1, 0.15) is 105 Å². The molecule has 0 bridgehead atoms. The van der Waals surface area contributed by atoms with Gasteiger partial charge in [0.05, 0.1) is 0 Å². The van der Waals surface area contributed by atoms with Crippen molar-refractivity contribution in [1.29, 1.82) is 0 Å². The molecular weight excluding hydrogens is 428 g/mol. The summed E-state index contributed by atoms with van der Waals surface area (Å²) >= 11 is 0. The first kappa shape index (κ1) is 28.6. The highest BCUT2D eigenvalue weighted by atomic mass is 28.4. The minimum atomic E-state index is -2.37. The fourth-order valence-electron chi connectivity index (χ4n) is 4.98. The molecule has 0 aliphatic carbocycles. The molecule has 1 nitrogen and oxygen atoms in total. The van der Waals surface area contributed by atoms with Crippen LogP contribution in [0, 0.1) is 0 Å². The number of unbranched alkanes of at least 4 members (excludes halogenated alkanes) is 10. The SMILES string of the molecule is CCCCCCCCCCC=CCCCCO[Si](c1ccccc1)(c1ccccc1)C(C)(C)C. The van der Waals surface area contributed by atoms with Crippen molar-refractivity contribution in [3.8, 4) is 0 Å². The van der Waals surface area contributed by atoms with Crippen LogP contribution in [0.25, 0.3) is 0 Å². The largest absolute Gasteiger partial charge is 0.407 e. The number of rotatable bonds is 17. The highest BCUT2D eigenvalue weighted by Crippen LogP contribution is 2.36. The average Bonchev–Trinajstić information content (AvgIpc) is 2.84. The minimum absolute atomic E-state index is 0.0611. The lowest BCUT2D eigenvalue weighted by molar-refractivity contribution is 0.289. The molecule has 0 spiro atoms. The van der Waals surface area contributed by atoms with Gasteiger partial charge in [0.25, 0.3) is 8.32 Å². The summed E-state index contributed by atoms with van der Waals surface area (Å²) in [5.74, 6) is 0. The Labute approximate surface area is 212 Å². The van der Waals surface area contributed by atoms with Gasteiger partial charge in [0.15, 0.2) is 0 Å². The highest BCUT2D eigenvalue weighted by molar-refractivity contribution is 6.99. The van der Waals surface area contributed by atoms with E-state index in [0.29, 0.717) is 0 Å². The van der Waals surface area contributed by atoms with Crippen LogP contribution < -0.4 is 10.4 Å². The molecule has 0 aliphatic heterocycles. The summed E-state index contributed by atoms with van der Waals surface area (Å²) in [6, 6.07) is 22.0. The molecule has 0 atom stereocenters. The molecule has 0 aliphatic rings. The first-order chi connectivity index (χ1) is 16.5. The summed E-state index contributed by atoms with van der Waals surface area (Å²) in [6.07, 6.45) is 20.7. The lowest BCUT2D eigenvalue weighted by Gasteiger charge is -2.43. The van der Waals surface area contributed by atoms with E-state index in [-0.39, 0.29) is 5.04 Å². The van der Waals surface area contributed by atoms with E-state index in [1.54, 1.807) is 0 Å². The van der Waals surface area contributed by atoms with Gasteiger partial charge in [-0.1, -0.05) is 145 Å². The van der Waals surface area contributed by atoms with Crippen molar-refractivity contribution in [1.82, 2.24) is 0 Å². The molecule has 2 rings (SSSR count). The summed E-state index contributed by atoms with van der Waals surface area (Å²) in [4.78, 5) is 0. The molecule has 34 heavy (non-hydrogen) atoms. The minimum Gasteiger partial charge on any atom is -0.407 e. The zero-order chi connectivity index (χ0) is 24.5. The lowest BCUT2D eigenvalue weighted by Crippen LogP contribution is -2.66. The Hall–Kier alpha value is -1.64. The van der Waals surface area contributed by atoms with Gasteiger partial charge in [0.1, 0.15) is 0 Å². The third-order valence-corrected chi connectivity index (χ3v) is 11.9. The van der Waals surface area contributed by atoms with Gasteiger partial charge in [-0.05, 0) is 47.5 Å². The first-order valence-corrected chi connectivity index (χ1v) is 15.8. The second kappa shape index (κ2) is 16.1. The first-order valence-electron chi connectivity index (χ1n) is 13.9. The number of benzene rings is 2. The standard InChI is InChI=1S/C32H50OSi/c1-5-6-7-8-9-10-11-12-13-14-15-16-17-24-29-33-34(32(2,3)4,30-25-20-18-21-26-30)31-27-22-19-23-28-31/h14-15,18-23,25-28H,5-13,16-17,24,29H2,1-4H3. The quantitative estimate of drug-likeness (QED) is 0.125.